The zero-order chi connectivity index (χ0) is 14.0. The van der Waals surface area contributed by atoms with Crippen molar-refractivity contribution < 1.29 is 22.7 Å². The predicted molar refractivity (Wildman–Crippen MR) is 61.2 cm³/mol. The number of halogens is 3. The van der Waals surface area contributed by atoms with E-state index in [-0.39, 0.29) is 10.4 Å². The molecule has 0 bridgehead atoms. The van der Waals surface area contributed by atoms with Crippen molar-refractivity contribution in [2.24, 2.45) is 0 Å². The average Bonchev–Trinajstić information content (AvgIpc) is 2.73. The van der Waals surface area contributed by atoms with Gasteiger partial charge < -0.3 is 4.74 Å². The maximum Gasteiger partial charge on any atom is 0.573 e. The predicted octanol–water partition coefficient (Wildman–Crippen LogP) is 2.98. The van der Waals surface area contributed by atoms with E-state index in [1.54, 1.807) is 6.92 Å². The molecule has 100 valence electrons. The Labute approximate surface area is 110 Å². The second kappa shape index (κ2) is 4.96. The van der Waals surface area contributed by atoms with Gasteiger partial charge in [-0.05, 0) is 30.6 Å². The summed E-state index contributed by atoms with van der Waals surface area (Å²) in [5.74, 6) is -1.12. The number of nitrogens with zero attached hydrogens (tertiary/aromatic N) is 2. The Morgan fingerprint density at radius 3 is 2.58 bits per heavy atom. The summed E-state index contributed by atoms with van der Waals surface area (Å²) in [6.45, 7) is 1.56. The number of carbonyl (C=O) groups excluding carboxylic acids is 1. The van der Waals surface area contributed by atoms with Crippen LogP contribution in [0.25, 0.3) is 0 Å². The number of aromatic nitrogens is 2. The van der Waals surface area contributed by atoms with Gasteiger partial charge in [-0.15, -0.1) is 18.3 Å². The Morgan fingerprint density at radius 1 is 1.32 bits per heavy atom. The van der Waals surface area contributed by atoms with E-state index < -0.39 is 17.9 Å². The van der Waals surface area contributed by atoms with E-state index >= 15 is 0 Å². The van der Waals surface area contributed by atoms with Crippen LogP contribution in [0, 0.1) is 6.92 Å². The van der Waals surface area contributed by atoms with E-state index in [2.05, 4.69) is 14.3 Å². The smallest absolute Gasteiger partial charge is 0.405 e. The molecule has 0 aliphatic heterocycles. The molecule has 0 spiro atoms. The minimum absolute atomic E-state index is 0.172. The number of para-hydroxylation sites is 1. The third-order valence-electron chi connectivity index (χ3n) is 2.22. The molecule has 0 fully saturated rings. The van der Waals surface area contributed by atoms with Crippen molar-refractivity contribution in [3.05, 3.63) is 40.4 Å². The van der Waals surface area contributed by atoms with Crippen molar-refractivity contribution >= 4 is 17.3 Å². The molecule has 1 aromatic carbocycles. The summed E-state index contributed by atoms with van der Waals surface area (Å²) < 4.78 is 44.2. The van der Waals surface area contributed by atoms with E-state index in [0.717, 1.165) is 17.6 Å². The number of carbonyl (C=O) groups is 1. The highest BCUT2D eigenvalue weighted by Gasteiger charge is 2.33. The molecule has 0 amide bonds. The molecule has 1 heterocycles. The lowest BCUT2D eigenvalue weighted by atomic mass is 10.1. The first-order chi connectivity index (χ1) is 8.88. The number of aryl methyl sites for hydroxylation is 1. The van der Waals surface area contributed by atoms with E-state index in [1.165, 1.54) is 18.2 Å². The molecule has 0 saturated carbocycles. The van der Waals surface area contributed by atoms with Crippen molar-refractivity contribution in [3.63, 3.8) is 0 Å². The lowest BCUT2D eigenvalue weighted by Gasteiger charge is -2.11. The maximum absolute atomic E-state index is 12.3. The number of ether oxygens (including phenoxy) is 1. The normalized spacial score (nSPS) is 11.4. The third-order valence-corrected chi connectivity index (χ3v) is 3.04. The molecule has 0 N–H and O–H groups in total. The van der Waals surface area contributed by atoms with Crippen LogP contribution in [0.4, 0.5) is 13.2 Å². The van der Waals surface area contributed by atoms with Crippen LogP contribution in [0.1, 0.15) is 20.9 Å². The third kappa shape index (κ3) is 3.08. The van der Waals surface area contributed by atoms with E-state index in [9.17, 15) is 18.0 Å². The first kappa shape index (κ1) is 13.5. The van der Waals surface area contributed by atoms with E-state index in [4.69, 9.17) is 0 Å². The van der Waals surface area contributed by atoms with Crippen molar-refractivity contribution in [1.29, 1.82) is 0 Å². The zero-order valence-corrected chi connectivity index (χ0v) is 10.4. The highest BCUT2D eigenvalue weighted by molar-refractivity contribution is 7.08. The highest BCUT2D eigenvalue weighted by atomic mass is 32.1. The van der Waals surface area contributed by atoms with Crippen molar-refractivity contribution in [2.45, 2.75) is 13.3 Å². The largest absolute Gasteiger partial charge is 0.573 e. The van der Waals surface area contributed by atoms with Crippen LogP contribution in [-0.2, 0) is 0 Å². The Bertz CT molecular complexity index is 610. The van der Waals surface area contributed by atoms with Gasteiger partial charge >= 0.3 is 6.36 Å². The number of alkyl halides is 3. The van der Waals surface area contributed by atoms with Crippen LogP contribution in [0.5, 0.6) is 5.75 Å². The molecule has 8 heteroatoms. The van der Waals surface area contributed by atoms with E-state index in [1.807, 2.05) is 0 Å². The summed E-state index contributed by atoms with van der Waals surface area (Å²) >= 11 is 0.832. The molecule has 0 atom stereocenters. The molecule has 1 aromatic heterocycles. The van der Waals surface area contributed by atoms with Gasteiger partial charge in [0.2, 0.25) is 5.78 Å². The van der Waals surface area contributed by atoms with Gasteiger partial charge in [0.1, 0.15) is 10.6 Å². The molecule has 0 unspecified atom stereocenters. The number of rotatable bonds is 3. The summed E-state index contributed by atoms with van der Waals surface area (Å²) in [7, 11) is 0. The van der Waals surface area contributed by atoms with Gasteiger partial charge in [0.25, 0.3) is 0 Å². The second-order valence-corrected chi connectivity index (χ2v) is 4.31. The summed E-state index contributed by atoms with van der Waals surface area (Å²) in [5, 5.41) is 3.65. The molecular weight excluding hydrogens is 281 g/mol. The first-order valence-corrected chi connectivity index (χ1v) is 5.84. The minimum atomic E-state index is -4.85. The highest BCUT2D eigenvalue weighted by Crippen LogP contribution is 2.28. The van der Waals surface area contributed by atoms with Crippen LogP contribution in [0.2, 0.25) is 0 Å². The quantitative estimate of drug-likeness (QED) is 0.815. The number of ketones is 1. The molecule has 0 saturated heterocycles. The van der Waals surface area contributed by atoms with Crippen LogP contribution >= 0.6 is 11.5 Å². The summed E-state index contributed by atoms with van der Waals surface area (Å²) in [6, 6.07) is 5.17. The topological polar surface area (TPSA) is 52.1 Å². The molecule has 0 radical (unpaired) electrons. The van der Waals surface area contributed by atoms with Gasteiger partial charge in [0.15, 0.2) is 0 Å². The number of hydrogen-bond acceptors (Lipinski definition) is 5. The van der Waals surface area contributed by atoms with Crippen LogP contribution in [0.15, 0.2) is 24.3 Å². The monoisotopic (exact) mass is 288 g/mol. The minimum Gasteiger partial charge on any atom is -0.405 e. The zero-order valence-electron chi connectivity index (χ0n) is 9.56. The summed E-state index contributed by atoms with van der Waals surface area (Å²) in [5.41, 5.74) is 0.200. The lowest BCUT2D eigenvalue weighted by Crippen LogP contribution is -2.19. The number of hydrogen-bond donors (Lipinski definition) is 0. The first-order valence-electron chi connectivity index (χ1n) is 5.07. The van der Waals surface area contributed by atoms with Gasteiger partial charge in [-0.25, -0.2) is 0 Å². The van der Waals surface area contributed by atoms with Crippen molar-refractivity contribution in [3.8, 4) is 5.75 Å². The summed E-state index contributed by atoms with van der Waals surface area (Å²) in [6.07, 6.45) is -4.85. The van der Waals surface area contributed by atoms with E-state index in [0.29, 0.717) is 5.69 Å². The Hall–Kier alpha value is -1.96. The van der Waals surface area contributed by atoms with Gasteiger partial charge in [0.05, 0.1) is 11.3 Å². The lowest BCUT2D eigenvalue weighted by molar-refractivity contribution is -0.274. The van der Waals surface area contributed by atoms with Crippen LogP contribution < -0.4 is 4.74 Å². The maximum atomic E-state index is 12.3. The van der Waals surface area contributed by atoms with Gasteiger partial charge in [-0.1, -0.05) is 16.6 Å². The fourth-order valence-electron chi connectivity index (χ4n) is 1.43. The molecule has 19 heavy (non-hydrogen) atoms. The Kier molecular flexibility index (Phi) is 3.52. The average molecular weight is 288 g/mol. The SMILES string of the molecule is Cc1nnsc1C(=O)c1ccccc1OC(F)(F)F. The summed E-state index contributed by atoms with van der Waals surface area (Å²) in [4.78, 5) is 12.3. The van der Waals surface area contributed by atoms with Gasteiger partial charge in [-0.2, -0.15) is 0 Å². The standard InChI is InChI=1S/C11H7F3N2O2S/c1-6-10(19-16-15-6)9(17)7-4-2-3-5-8(7)18-11(12,13)14/h2-5H,1H3. The molecule has 2 aromatic rings. The number of benzene rings is 1. The van der Waals surface area contributed by atoms with Crippen molar-refractivity contribution in [2.75, 3.05) is 0 Å². The second-order valence-electron chi connectivity index (χ2n) is 3.56. The fraction of sp³-hybridized carbons (Fsp3) is 0.182. The van der Waals surface area contributed by atoms with Crippen LogP contribution in [0.3, 0.4) is 0 Å². The fourth-order valence-corrected chi connectivity index (χ4v) is 2.04. The van der Waals surface area contributed by atoms with Gasteiger partial charge in [0, 0.05) is 0 Å². The molecule has 0 aliphatic rings. The Morgan fingerprint density at radius 2 is 2.00 bits per heavy atom. The molecule has 2 rings (SSSR count). The van der Waals surface area contributed by atoms with Gasteiger partial charge in [-0.3, -0.25) is 4.79 Å². The molecule has 4 nitrogen and oxygen atoms in total. The van der Waals surface area contributed by atoms with Crippen molar-refractivity contribution in [1.82, 2.24) is 9.59 Å². The molecule has 0 aliphatic carbocycles. The van der Waals surface area contributed by atoms with Crippen LogP contribution in [-0.4, -0.2) is 21.7 Å². The Balaban J connectivity index is 2.40. The molecular formula is C11H7F3N2O2S.